The highest BCUT2D eigenvalue weighted by Crippen LogP contribution is 2.28. The minimum atomic E-state index is -0.799. The Labute approximate surface area is 878 Å². The molecular formula is C118H128ClFN14O16. The maximum atomic E-state index is 13.2. The fourth-order valence-corrected chi connectivity index (χ4v) is 14.1. The number of nitrogens with one attached hydrogen (secondary N) is 14. The van der Waals surface area contributed by atoms with Gasteiger partial charge in [0, 0.05) is 114 Å². The van der Waals surface area contributed by atoms with Gasteiger partial charge in [-0.15, -0.1) is 6.42 Å². The number of hydrogen-bond donors (Lipinski definition) is 19. The zero-order valence-electron chi connectivity index (χ0n) is 84.8. The Morgan fingerprint density at radius 1 is 0.353 bits per heavy atom. The Morgan fingerprint density at radius 2 is 0.720 bits per heavy atom. The van der Waals surface area contributed by atoms with E-state index in [1.807, 2.05) is 107 Å². The summed E-state index contributed by atoms with van der Waals surface area (Å²) >= 11 is 6.00. The van der Waals surface area contributed by atoms with Gasteiger partial charge in [0.15, 0.2) is 5.78 Å². The molecule has 14 aromatic carbocycles. The number of anilines is 7. The average Bonchev–Trinajstić information content (AvgIpc) is 0.851. The van der Waals surface area contributed by atoms with Crippen molar-refractivity contribution in [1.29, 1.82) is 0 Å². The first-order chi connectivity index (χ1) is 72.3. The summed E-state index contributed by atoms with van der Waals surface area (Å²) in [5, 5.41) is 86.6. The maximum absolute atomic E-state index is 13.2. The van der Waals surface area contributed by atoms with Crippen LogP contribution in [0.3, 0.4) is 0 Å². The van der Waals surface area contributed by atoms with Gasteiger partial charge in [0.05, 0.1) is 20.3 Å². The molecule has 32 heteroatoms. The smallest absolute Gasteiger partial charge is 0.319 e. The molecule has 0 aliphatic heterocycles. The molecule has 150 heavy (non-hydrogen) atoms. The average molecular weight is 2050 g/mol. The van der Waals surface area contributed by atoms with Gasteiger partial charge in [-0.1, -0.05) is 187 Å². The van der Waals surface area contributed by atoms with Crippen molar-refractivity contribution in [1.82, 2.24) is 37.2 Å². The number of halogens is 2. The molecule has 14 aromatic rings. The van der Waals surface area contributed by atoms with Gasteiger partial charge in [0.25, 0.3) is 0 Å². The lowest BCUT2D eigenvalue weighted by Gasteiger charge is -2.15. The summed E-state index contributed by atoms with van der Waals surface area (Å²) in [5.74, 6) is 5.09. The molecular weight excluding hydrogens is 1920 g/mol. The molecule has 0 fully saturated rings. The van der Waals surface area contributed by atoms with E-state index < -0.39 is 6.10 Å². The van der Waals surface area contributed by atoms with Crippen LogP contribution in [0.1, 0.15) is 108 Å². The van der Waals surface area contributed by atoms with E-state index in [0.29, 0.717) is 138 Å². The fraction of sp³-hybridized carbons (Fsp3) is 0.203. The lowest BCUT2D eigenvalue weighted by Crippen LogP contribution is -2.32. The van der Waals surface area contributed by atoms with Crippen LogP contribution >= 0.6 is 11.6 Å². The van der Waals surface area contributed by atoms with Gasteiger partial charge in [0.2, 0.25) is 0 Å². The largest absolute Gasteiger partial charge is 0.508 e. The van der Waals surface area contributed by atoms with Crippen molar-refractivity contribution >= 4 is 99.4 Å². The number of phenols is 4. The Balaban J connectivity index is 0.000000201. The number of methoxy groups -OCH3 is 2. The van der Waals surface area contributed by atoms with E-state index in [0.717, 1.165) is 69.3 Å². The number of benzene rings is 14. The summed E-state index contributed by atoms with van der Waals surface area (Å²) in [6, 6.07) is 92.4. The molecule has 780 valence electrons. The van der Waals surface area contributed by atoms with Crippen molar-refractivity contribution in [3.05, 3.63) is 416 Å². The Morgan fingerprint density at radius 3 is 1.13 bits per heavy atom. The first-order valence-electron chi connectivity index (χ1n) is 48.4. The topological polar surface area (TPSA) is 434 Å². The highest BCUT2D eigenvalue weighted by atomic mass is 35.5. The number of phenolic OH excluding ortho intramolecular Hbond substituents is 4. The number of carbonyl (C=O) groups excluding carboxylic acids is 8. The third-order valence-electron chi connectivity index (χ3n) is 22.5. The van der Waals surface area contributed by atoms with Crippen molar-refractivity contribution in [2.45, 2.75) is 99.2 Å². The zero-order chi connectivity index (χ0) is 108. The van der Waals surface area contributed by atoms with E-state index in [9.17, 15) is 68.3 Å². The normalized spacial score (nSPS) is 10.4. The molecule has 30 nitrogen and oxygen atoms in total. The first kappa shape index (κ1) is 116. The number of amides is 14. The summed E-state index contributed by atoms with van der Waals surface area (Å²) in [6.07, 6.45) is 9.53. The van der Waals surface area contributed by atoms with Crippen LogP contribution < -0.4 is 88.6 Å². The number of ether oxygens (including phenoxy) is 3. The summed E-state index contributed by atoms with van der Waals surface area (Å²) in [6.45, 7) is 14.8. The first-order valence-corrected chi connectivity index (χ1v) is 48.8. The highest BCUT2D eigenvalue weighted by molar-refractivity contribution is 6.31. The Kier molecular flexibility index (Phi) is 48.2. The molecule has 0 bridgehead atoms. The molecule has 0 saturated heterocycles. The van der Waals surface area contributed by atoms with E-state index in [1.54, 1.807) is 202 Å². The van der Waals surface area contributed by atoms with Crippen molar-refractivity contribution in [2.75, 3.05) is 97.3 Å². The third kappa shape index (κ3) is 44.3. The second kappa shape index (κ2) is 62.6. The summed E-state index contributed by atoms with van der Waals surface area (Å²) in [5.41, 5.74) is 19.0. The number of terminal acetylenes is 1. The molecule has 0 saturated carbocycles. The van der Waals surface area contributed by atoms with Crippen LogP contribution in [0.25, 0.3) is 0 Å². The molecule has 1 unspecified atom stereocenters. The second-order valence-corrected chi connectivity index (χ2v) is 34.6. The number of aromatic hydroxyl groups is 4. The predicted octanol–water partition coefficient (Wildman–Crippen LogP) is 22.4. The number of aliphatic hydroxyl groups is 1. The lowest BCUT2D eigenvalue weighted by molar-refractivity contribution is 0.101. The predicted molar refractivity (Wildman–Crippen MR) is 592 cm³/mol. The Bertz CT molecular complexity index is 6710. The summed E-state index contributed by atoms with van der Waals surface area (Å²) in [7, 11) is 3.16. The summed E-state index contributed by atoms with van der Waals surface area (Å²) in [4.78, 5) is 95.1. The van der Waals surface area contributed by atoms with Crippen LogP contribution in [0.5, 0.6) is 40.2 Å². The maximum Gasteiger partial charge on any atom is 0.319 e. The van der Waals surface area contributed by atoms with Gasteiger partial charge in [-0.05, 0) is 298 Å². The van der Waals surface area contributed by atoms with Gasteiger partial charge in [-0.25, -0.2) is 38.0 Å². The van der Waals surface area contributed by atoms with Crippen LogP contribution in [0.4, 0.5) is 77.8 Å². The van der Waals surface area contributed by atoms with Crippen molar-refractivity contribution in [3.8, 4) is 52.6 Å². The van der Waals surface area contributed by atoms with E-state index >= 15 is 0 Å². The molecule has 0 radical (unpaired) electrons. The molecule has 19 N–H and O–H groups in total. The van der Waals surface area contributed by atoms with Gasteiger partial charge < -0.3 is 114 Å². The van der Waals surface area contributed by atoms with E-state index in [1.165, 1.54) is 41.3 Å². The SMILES string of the molecule is C#Cc1cccc(NC(=O)NCCc2ccc(O)cc2)c1.CC(=O)c1ccc(NC(=O)NCCc2ccc(C)cc2)cc1.CCc1ccc(OC)cc1NC(=O)NCC(O)c1ccc(OC)cc1.Cc1ccc(CCNC(=O)Nc2cc(NC(=O)NCCc3ccc(O)cc3)ccc2C)cc1.Cc1ccc(NC(=O)NCCc2ccc(O)cc2)cc1Cl.O=C(NCCc1ccc(O)cc1)Nc1cccc(OCc2cccc(F)c2)c1. The molecule has 1 atom stereocenters. The third-order valence-corrected chi connectivity index (χ3v) is 22.9. The van der Waals surface area contributed by atoms with Crippen molar-refractivity contribution in [3.63, 3.8) is 0 Å². The number of hydrogen-bond acceptors (Lipinski definition) is 16. The Hall–Kier alpha value is -18.0. The minimum Gasteiger partial charge on any atom is -0.508 e. The van der Waals surface area contributed by atoms with Gasteiger partial charge in [0.1, 0.15) is 52.7 Å². The molecule has 0 aliphatic carbocycles. The lowest BCUT2D eigenvalue weighted by atomic mass is 10.1. The van der Waals surface area contributed by atoms with E-state index in [2.05, 4.69) is 129 Å². The number of rotatable bonds is 35. The number of Topliss-reactive ketones (excluding diaryl/α,β-unsaturated/α-hetero) is 1. The number of urea groups is 7. The number of aryl methyl sites for hydroxylation is 5. The summed E-state index contributed by atoms with van der Waals surface area (Å²) < 4.78 is 29.1. The molecule has 0 heterocycles. The van der Waals surface area contributed by atoms with Gasteiger partial charge >= 0.3 is 42.2 Å². The van der Waals surface area contributed by atoms with Crippen LogP contribution in [-0.4, -0.2) is 134 Å². The monoisotopic (exact) mass is 2050 g/mol. The van der Waals surface area contributed by atoms with Crippen molar-refractivity contribution < 1.29 is 82.5 Å². The molecule has 14 rings (SSSR count). The second-order valence-electron chi connectivity index (χ2n) is 34.2. The standard InChI is InChI=1S/C26H30N4O3.C22H21FN2O3.C19H24N2O4.C18H20N2O2.C17H16N2O2.C16H17ClN2O2/c1-18-3-6-20(7-4-18)13-16-28-26(33)30-24-17-22(10-5-19(24)2)29-25(32)27-15-14-21-8-11-23(31)12-9-21;23-18-4-1-3-17(13-18)15-28-21-6-2-5-19(14-21)25-22(27)24-12-11-16-7-9-20(26)10-8-16;1-4-13-5-10-16(25-3)11-17(13)21-19(23)20-12-18(22)14-6-8-15(24-2)9-7-14;1-13-3-5-15(6-4-13)11-12-19-18(22)20-17-9-7-16(8-10-17)14(2)21;1-2-13-4-3-5-15(12-13)19-17(21)18-11-10-14-6-8-16(20)9-7-14;1-11-2-5-13(10-15(11)17)19-16(21)18-9-8-12-3-6-14(20)7-4-12/h3-12,17,31H,13-16H2,1-2H3,(H2,27,29,32)(H2,28,30,33);1-10,13-14,26H,11-12,15H2,(H2,24,25,27);5-11,18,22H,4,12H2,1-3H3,(H2,20,21,23);3-10H,11-12H2,1-2H3,(H2,19,20,22);1,3-9,12,20H,10-11H2,(H2,18,19,21);2-7,10,20H,8-9H2,1H3,(H2,18,19,21). The minimum absolute atomic E-state index is 0.00843. The quantitative estimate of drug-likeness (QED) is 0.0130. The van der Waals surface area contributed by atoms with Crippen LogP contribution in [0, 0.1) is 45.9 Å². The van der Waals surface area contributed by atoms with Crippen LogP contribution in [0.15, 0.2) is 322 Å². The molecule has 14 amide bonds. The number of carbonyl (C=O) groups is 8. The fourth-order valence-electron chi connectivity index (χ4n) is 14.0. The van der Waals surface area contributed by atoms with Crippen LogP contribution in [0.2, 0.25) is 5.02 Å². The molecule has 0 spiro atoms. The van der Waals surface area contributed by atoms with Gasteiger partial charge in [-0.3, -0.25) is 4.79 Å². The van der Waals surface area contributed by atoms with E-state index in [4.69, 9.17) is 32.2 Å². The van der Waals surface area contributed by atoms with Crippen LogP contribution in [-0.2, 0) is 51.6 Å². The van der Waals surface area contributed by atoms with Gasteiger partial charge in [-0.2, -0.15) is 0 Å². The number of aliphatic hydroxyl groups excluding tert-OH is 1. The molecule has 0 aliphatic rings. The van der Waals surface area contributed by atoms with E-state index in [-0.39, 0.29) is 90.0 Å². The highest BCUT2D eigenvalue weighted by Gasteiger charge is 2.16. The number of ketones is 1. The molecule has 0 aromatic heterocycles. The zero-order valence-corrected chi connectivity index (χ0v) is 85.6. The van der Waals surface area contributed by atoms with Crippen molar-refractivity contribution in [2.24, 2.45) is 0 Å².